The number of hydrogen-bond donors (Lipinski definition) is 3. The molecule has 0 heterocycles. The van der Waals surface area contributed by atoms with Crippen LogP contribution in [-0.2, 0) is 0 Å². The van der Waals surface area contributed by atoms with Crippen LogP contribution in [0.1, 0.15) is 29.3 Å². The minimum absolute atomic E-state index is 0.119. The minimum Gasteiger partial charge on any atom is -0.478 e. The molecule has 100 valence electrons. The molecule has 0 fully saturated rings. The Morgan fingerprint density at radius 3 is 2.61 bits per heavy atom. The summed E-state index contributed by atoms with van der Waals surface area (Å²) in [6.07, 6.45) is 0.253. The van der Waals surface area contributed by atoms with Crippen LogP contribution in [0.2, 0.25) is 0 Å². The highest BCUT2D eigenvalue weighted by Crippen LogP contribution is 2.25. The van der Waals surface area contributed by atoms with Crippen LogP contribution in [0.25, 0.3) is 0 Å². The Kier molecular flexibility index (Phi) is 4.55. The van der Waals surface area contributed by atoms with Gasteiger partial charge in [0.25, 0.3) is 0 Å². The van der Waals surface area contributed by atoms with Gasteiger partial charge in [0.1, 0.15) is 0 Å². The van der Waals surface area contributed by atoms with E-state index in [0.29, 0.717) is 18.7 Å². The van der Waals surface area contributed by atoms with Crippen LogP contribution in [0, 0.1) is 6.92 Å². The third-order valence-corrected chi connectivity index (χ3v) is 2.93. The smallest absolute Gasteiger partial charge is 0.337 e. The van der Waals surface area contributed by atoms with E-state index in [1.807, 2.05) is 18.0 Å². The lowest BCUT2D eigenvalue weighted by Gasteiger charge is -2.21. The Morgan fingerprint density at radius 2 is 2.11 bits per heavy atom. The lowest BCUT2D eigenvalue weighted by Crippen LogP contribution is -2.22. The Labute approximate surface area is 107 Å². The van der Waals surface area contributed by atoms with Crippen molar-refractivity contribution in [2.75, 3.05) is 24.2 Å². The summed E-state index contributed by atoms with van der Waals surface area (Å²) < 4.78 is 0. The van der Waals surface area contributed by atoms with Crippen molar-refractivity contribution in [3.8, 4) is 0 Å². The fourth-order valence-corrected chi connectivity index (χ4v) is 1.69. The Morgan fingerprint density at radius 1 is 1.50 bits per heavy atom. The second-order valence-electron chi connectivity index (χ2n) is 4.59. The van der Waals surface area contributed by atoms with Gasteiger partial charge in [0.2, 0.25) is 0 Å². The molecule has 0 radical (unpaired) electrons. The first kappa shape index (κ1) is 14.3. The molecule has 5 nitrogen and oxygen atoms in total. The summed E-state index contributed by atoms with van der Waals surface area (Å²) in [7, 11) is 1.86. The number of anilines is 2. The van der Waals surface area contributed by atoms with Crippen molar-refractivity contribution < 1.29 is 15.0 Å². The van der Waals surface area contributed by atoms with E-state index in [1.54, 1.807) is 19.9 Å². The molecule has 1 unspecified atom stereocenters. The Bertz CT molecular complexity index is 444. The molecular weight excluding hydrogens is 232 g/mol. The zero-order chi connectivity index (χ0) is 13.9. The van der Waals surface area contributed by atoms with Crippen molar-refractivity contribution in [2.24, 2.45) is 0 Å². The molecule has 0 saturated heterocycles. The highest BCUT2D eigenvalue weighted by Gasteiger charge is 2.13. The fraction of sp³-hybridized carbons (Fsp3) is 0.462. The number of nitrogen functional groups attached to an aromatic ring is 1. The maximum absolute atomic E-state index is 11.1. The standard InChI is InChI=1S/C13H20N2O3/c1-8-6-10(15(3)5-4-9(2)16)7-11(12(8)14)13(17)18/h6-7,9,16H,4-5,14H2,1-3H3,(H,17,18). The maximum atomic E-state index is 11.1. The Balaban J connectivity index is 2.99. The monoisotopic (exact) mass is 252 g/mol. The third-order valence-electron chi connectivity index (χ3n) is 2.93. The molecule has 1 rings (SSSR count). The van der Waals surface area contributed by atoms with E-state index in [4.69, 9.17) is 10.8 Å². The predicted molar refractivity (Wildman–Crippen MR) is 72.1 cm³/mol. The highest BCUT2D eigenvalue weighted by molar-refractivity contribution is 5.95. The number of carboxylic acid groups (broad SMARTS) is 1. The normalized spacial score (nSPS) is 12.2. The molecule has 0 bridgehead atoms. The van der Waals surface area contributed by atoms with E-state index < -0.39 is 5.97 Å². The van der Waals surface area contributed by atoms with Crippen LogP contribution in [0.15, 0.2) is 12.1 Å². The van der Waals surface area contributed by atoms with Gasteiger partial charge in [-0.25, -0.2) is 4.79 Å². The summed E-state index contributed by atoms with van der Waals surface area (Å²) in [6.45, 7) is 4.17. The van der Waals surface area contributed by atoms with E-state index in [-0.39, 0.29) is 11.7 Å². The zero-order valence-electron chi connectivity index (χ0n) is 11.0. The zero-order valence-corrected chi connectivity index (χ0v) is 11.0. The first-order valence-electron chi connectivity index (χ1n) is 5.85. The first-order valence-corrected chi connectivity index (χ1v) is 5.85. The van der Waals surface area contributed by atoms with Crippen molar-refractivity contribution in [2.45, 2.75) is 26.4 Å². The number of aliphatic hydroxyl groups excluding tert-OH is 1. The number of benzene rings is 1. The van der Waals surface area contributed by atoms with Gasteiger partial charge < -0.3 is 20.8 Å². The van der Waals surface area contributed by atoms with E-state index in [2.05, 4.69) is 0 Å². The summed E-state index contributed by atoms with van der Waals surface area (Å²) in [5, 5.41) is 18.3. The first-order chi connectivity index (χ1) is 8.32. The van der Waals surface area contributed by atoms with Gasteiger partial charge in [-0.3, -0.25) is 0 Å². The molecule has 0 aromatic heterocycles. The molecule has 0 aliphatic carbocycles. The fourth-order valence-electron chi connectivity index (χ4n) is 1.69. The molecule has 0 aliphatic rings. The van der Waals surface area contributed by atoms with Crippen LogP contribution >= 0.6 is 0 Å². The van der Waals surface area contributed by atoms with E-state index in [0.717, 1.165) is 11.3 Å². The number of carbonyl (C=O) groups is 1. The van der Waals surface area contributed by atoms with Gasteiger partial charge in [-0.15, -0.1) is 0 Å². The highest BCUT2D eigenvalue weighted by atomic mass is 16.4. The summed E-state index contributed by atoms with van der Waals surface area (Å²) in [6, 6.07) is 3.41. The van der Waals surface area contributed by atoms with Crippen molar-refractivity contribution in [1.29, 1.82) is 0 Å². The van der Waals surface area contributed by atoms with Gasteiger partial charge in [-0.1, -0.05) is 0 Å². The molecule has 1 aromatic rings. The average Bonchev–Trinajstić information content (AvgIpc) is 2.28. The molecule has 0 amide bonds. The Hall–Kier alpha value is -1.75. The van der Waals surface area contributed by atoms with Crippen LogP contribution in [0.3, 0.4) is 0 Å². The number of hydrogen-bond acceptors (Lipinski definition) is 4. The summed E-state index contributed by atoms with van der Waals surface area (Å²) in [4.78, 5) is 13.0. The van der Waals surface area contributed by atoms with E-state index in [1.165, 1.54) is 0 Å². The van der Waals surface area contributed by atoms with Crippen LogP contribution in [0.4, 0.5) is 11.4 Å². The minimum atomic E-state index is -1.03. The number of aliphatic hydroxyl groups is 1. The molecule has 18 heavy (non-hydrogen) atoms. The third kappa shape index (κ3) is 3.37. The van der Waals surface area contributed by atoms with Gasteiger partial charge in [0.15, 0.2) is 0 Å². The second-order valence-corrected chi connectivity index (χ2v) is 4.59. The second kappa shape index (κ2) is 5.73. The largest absolute Gasteiger partial charge is 0.478 e. The molecule has 5 heteroatoms. The van der Waals surface area contributed by atoms with Crippen molar-refractivity contribution in [3.63, 3.8) is 0 Å². The summed E-state index contributed by atoms with van der Waals surface area (Å²) in [5.41, 5.74) is 7.69. The SMILES string of the molecule is Cc1cc(N(C)CCC(C)O)cc(C(=O)O)c1N. The summed E-state index contributed by atoms with van der Waals surface area (Å²) >= 11 is 0. The number of nitrogens with two attached hydrogens (primary N) is 1. The molecule has 1 aromatic carbocycles. The van der Waals surface area contributed by atoms with Crippen LogP contribution in [-0.4, -0.2) is 35.9 Å². The van der Waals surface area contributed by atoms with Gasteiger partial charge >= 0.3 is 5.97 Å². The van der Waals surface area contributed by atoms with Gasteiger partial charge in [0, 0.05) is 25.0 Å². The number of aromatic carboxylic acids is 1. The van der Waals surface area contributed by atoms with E-state index >= 15 is 0 Å². The number of aryl methyl sites for hydroxylation is 1. The maximum Gasteiger partial charge on any atom is 0.337 e. The average molecular weight is 252 g/mol. The lowest BCUT2D eigenvalue weighted by atomic mass is 10.1. The molecule has 1 atom stereocenters. The molecular formula is C13H20N2O3. The van der Waals surface area contributed by atoms with Crippen molar-refractivity contribution >= 4 is 17.3 Å². The number of carboxylic acids is 1. The van der Waals surface area contributed by atoms with Gasteiger partial charge in [0.05, 0.1) is 11.7 Å². The van der Waals surface area contributed by atoms with E-state index in [9.17, 15) is 9.90 Å². The summed E-state index contributed by atoms with van der Waals surface area (Å²) in [5.74, 6) is -1.03. The molecule has 0 spiro atoms. The number of nitrogens with zero attached hydrogens (tertiary/aromatic N) is 1. The topological polar surface area (TPSA) is 86.8 Å². The molecule has 4 N–H and O–H groups in total. The van der Waals surface area contributed by atoms with Gasteiger partial charge in [-0.05, 0) is 38.0 Å². The molecule has 0 saturated carbocycles. The van der Waals surface area contributed by atoms with Crippen LogP contribution < -0.4 is 10.6 Å². The quantitative estimate of drug-likeness (QED) is 0.691. The van der Waals surface area contributed by atoms with Crippen molar-refractivity contribution in [1.82, 2.24) is 0 Å². The van der Waals surface area contributed by atoms with Crippen molar-refractivity contribution in [3.05, 3.63) is 23.3 Å². The number of rotatable bonds is 5. The lowest BCUT2D eigenvalue weighted by molar-refractivity contribution is 0.0698. The predicted octanol–water partition coefficient (Wildman–Crippen LogP) is 1.48. The van der Waals surface area contributed by atoms with Gasteiger partial charge in [-0.2, -0.15) is 0 Å². The van der Waals surface area contributed by atoms with Crippen LogP contribution in [0.5, 0.6) is 0 Å². The molecule has 0 aliphatic heterocycles.